The summed E-state index contributed by atoms with van der Waals surface area (Å²) in [5.74, 6) is -0.282. The molecule has 0 aliphatic carbocycles. The molecule has 1 heterocycles. The number of benzene rings is 2. The van der Waals surface area contributed by atoms with Crippen LogP contribution < -0.4 is 5.32 Å². The highest BCUT2D eigenvalue weighted by Crippen LogP contribution is 2.26. The largest absolute Gasteiger partial charge is 0.436 e. The van der Waals surface area contributed by atoms with Crippen LogP contribution in [0.15, 0.2) is 46.9 Å². The Labute approximate surface area is 135 Å². The number of nitrogens with zero attached hydrogens (tertiary/aromatic N) is 2. The quantitative estimate of drug-likeness (QED) is 0.738. The third-order valence-corrected chi connectivity index (χ3v) is 3.55. The number of carbonyl (C=O) groups excluding carboxylic acids is 1. The fourth-order valence-corrected chi connectivity index (χ4v) is 2.31. The van der Waals surface area contributed by atoms with Gasteiger partial charge in [-0.3, -0.25) is 4.79 Å². The van der Waals surface area contributed by atoms with Crippen molar-refractivity contribution < 1.29 is 13.6 Å². The number of nitriles is 1. The molecule has 5 nitrogen and oxygen atoms in total. The Hall–Kier alpha value is -2.85. The standard InChI is InChI=1S/C16H10FN3O2S/c17-11-3-1-2-10(6-11)16-20-13-5-4-12(7-14(13)22-16)19-15(21)8-23-9-18/h1-7H,8H2,(H,19,21). The maximum atomic E-state index is 13.3. The number of nitrogens with one attached hydrogen (secondary N) is 1. The summed E-state index contributed by atoms with van der Waals surface area (Å²) in [5, 5.41) is 12.9. The van der Waals surface area contributed by atoms with Crippen LogP contribution in [0.25, 0.3) is 22.6 Å². The smallest absolute Gasteiger partial charge is 0.235 e. The number of fused-ring (bicyclic) bond motifs is 1. The predicted molar refractivity (Wildman–Crippen MR) is 86.1 cm³/mol. The molecule has 7 heteroatoms. The molecule has 0 atom stereocenters. The van der Waals surface area contributed by atoms with Crippen LogP contribution in [0.3, 0.4) is 0 Å². The molecule has 0 aliphatic rings. The fraction of sp³-hybridized carbons (Fsp3) is 0.0625. The first-order valence-electron chi connectivity index (χ1n) is 6.63. The number of oxazole rings is 1. The van der Waals surface area contributed by atoms with Crippen LogP contribution in [0.2, 0.25) is 0 Å². The van der Waals surface area contributed by atoms with Crippen LogP contribution in [0.1, 0.15) is 0 Å². The van der Waals surface area contributed by atoms with Crippen LogP contribution in [0.5, 0.6) is 0 Å². The Balaban J connectivity index is 1.86. The lowest BCUT2D eigenvalue weighted by atomic mass is 10.2. The number of rotatable bonds is 4. The zero-order chi connectivity index (χ0) is 16.2. The van der Waals surface area contributed by atoms with Crippen LogP contribution in [-0.4, -0.2) is 16.6 Å². The minimum Gasteiger partial charge on any atom is -0.436 e. The van der Waals surface area contributed by atoms with Crippen molar-refractivity contribution >= 4 is 34.5 Å². The van der Waals surface area contributed by atoms with Gasteiger partial charge in [0, 0.05) is 17.3 Å². The van der Waals surface area contributed by atoms with Crippen molar-refractivity contribution in [1.29, 1.82) is 5.26 Å². The number of carbonyl (C=O) groups is 1. The summed E-state index contributed by atoms with van der Waals surface area (Å²) in [6.07, 6.45) is 0. The SMILES string of the molecule is N#CSCC(=O)Nc1ccc2nc(-c3cccc(F)c3)oc2c1. The Bertz CT molecular complexity index is 917. The average molecular weight is 327 g/mol. The van der Waals surface area contributed by atoms with Gasteiger partial charge in [-0.2, -0.15) is 5.26 Å². The first-order valence-corrected chi connectivity index (χ1v) is 7.61. The highest BCUT2D eigenvalue weighted by Gasteiger charge is 2.10. The van der Waals surface area contributed by atoms with Crippen molar-refractivity contribution in [1.82, 2.24) is 4.98 Å². The van der Waals surface area contributed by atoms with Gasteiger partial charge in [0.2, 0.25) is 11.8 Å². The van der Waals surface area contributed by atoms with Gasteiger partial charge in [0.25, 0.3) is 0 Å². The topological polar surface area (TPSA) is 78.9 Å². The van der Waals surface area contributed by atoms with E-state index in [1.165, 1.54) is 12.1 Å². The van der Waals surface area contributed by atoms with E-state index in [0.717, 1.165) is 11.8 Å². The molecular formula is C16H10FN3O2S. The van der Waals surface area contributed by atoms with Gasteiger partial charge in [-0.05, 0) is 42.1 Å². The molecule has 2 aromatic carbocycles. The summed E-state index contributed by atoms with van der Waals surface area (Å²) in [4.78, 5) is 15.9. The Kier molecular flexibility index (Phi) is 4.26. The van der Waals surface area contributed by atoms with Crippen LogP contribution in [0.4, 0.5) is 10.1 Å². The van der Waals surface area contributed by atoms with E-state index < -0.39 is 0 Å². The monoisotopic (exact) mass is 327 g/mol. The minimum absolute atomic E-state index is 0.0550. The molecule has 0 bridgehead atoms. The van der Waals surface area contributed by atoms with E-state index in [2.05, 4.69) is 10.3 Å². The molecule has 0 saturated carbocycles. The van der Waals surface area contributed by atoms with Crippen molar-refractivity contribution in [2.24, 2.45) is 0 Å². The molecule has 0 unspecified atom stereocenters. The highest BCUT2D eigenvalue weighted by atomic mass is 32.2. The number of hydrogen-bond donors (Lipinski definition) is 1. The van der Waals surface area contributed by atoms with E-state index in [4.69, 9.17) is 9.68 Å². The molecule has 3 rings (SSSR count). The van der Waals surface area contributed by atoms with E-state index in [0.29, 0.717) is 28.2 Å². The van der Waals surface area contributed by atoms with Crippen molar-refractivity contribution in [3.8, 4) is 16.9 Å². The van der Waals surface area contributed by atoms with Gasteiger partial charge in [-0.25, -0.2) is 9.37 Å². The molecule has 0 spiro atoms. The summed E-state index contributed by atoms with van der Waals surface area (Å²) in [6.45, 7) is 0. The first-order chi connectivity index (χ1) is 11.2. The Morgan fingerprint density at radius 3 is 3.00 bits per heavy atom. The zero-order valence-corrected chi connectivity index (χ0v) is 12.6. The number of thioether (sulfide) groups is 1. The second-order valence-electron chi connectivity index (χ2n) is 4.64. The predicted octanol–water partition coefficient (Wildman–Crippen LogP) is 3.79. The molecule has 1 N–H and O–H groups in total. The maximum Gasteiger partial charge on any atom is 0.235 e. The van der Waals surface area contributed by atoms with Crippen molar-refractivity contribution in [2.75, 3.05) is 11.1 Å². The molecule has 23 heavy (non-hydrogen) atoms. The zero-order valence-electron chi connectivity index (χ0n) is 11.7. The van der Waals surface area contributed by atoms with Crippen LogP contribution in [-0.2, 0) is 4.79 Å². The molecule has 0 fully saturated rings. The number of aromatic nitrogens is 1. The van der Waals surface area contributed by atoms with Gasteiger partial charge < -0.3 is 9.73 Å². The number of hydrogen-bond acceptors (Lipinski definition) is 5. The second kappa shape index (κ2) is 6.50. The van der Waals surface area contributed by atoms with Crippen LogP contribution in [0, 0.1) is 16.5 Å². The molecule has 114 valence electrons. The lowest BCUT2D eigenvalue weighted by Gasteiger charge is -2.02. The number of anilines is 1. The molecule has 0 aliphatic heterocycles. The number of halogens is 1. The Morgan fingerprint density at radius 2 is 2.22 bits per heavy atom. The summed E-state index contributed by atoms with van der Waals surface area (Å²) in [6, 6.07) is 11.0. The minimum atomic E-state index is -0.368. The fourth-order valence-electron chi connectivity index (χ4n) is 2.04. The van der Waals surface area contributed by atoms with E-state index >= 15 is 0 Å². The summed E-state index contributed by atoms with van der Waals surface area (Å²) >= 11 is 0.864. The molecule has 1 amide bonds. The second-order valence-corrected chi connectivity index (χ2v) is 5.40. The molecule has 0 radical (unpaired) electrons. The third kappa shape index (κ3) is 3.49. The van der Waals surface area contributed by atoms with Crippen LogP contribution >= 0.6 is 11.8 Å². The average Bonchev–Trinajstić information content (AvgIpc) is 2.96. The molecule has 3 aromatic rings. The van der Waals surface area contributed by atoms with E-state index in [9.17, 15) is 9.18 Å². The van der Waals surface area contributed by atoms with Gasteiger partial charge in [-0.15, -0.1) is 0 Å². The van der Waals surface area contributed by atoms with E-state index in [1.54, 1.807) is 30.3 Å². The molecular weight excluding hydrogens is 317 g/mol. The van der Waals surface area contributed by atoms with E-state index in [-0.39, 0.29) is 17.5 Å². The Morgan fingerprint density at radius 1 is 1.35 bits per heavy atom. The molecule has 0 saturated heterocycles. The van der Waals surface area contributed by atoms with Gasteiger partial charge in [0.1, 0.15) is 16.7 Å². The van der Waals surface area contributed by atoms with Crippen molar-refractivity contribution in [2.45, 2.75) is 0 Å². The summed E-state index contributed by atoms with van der Waals surface area (Å²) in [7, 11) is 0. The van der Waals surface area contributed by atoms with Gasteiger partial charge in [-0.1, -0.05) is 6.07 Å². The maximum absolute atomic E-state index is 13.3. The first kappa shape index (κ1) is 15.1. The lowest BCUT2D eigenvalue weighted by Crippen LogP contribution is -2.13. The highest BCUT2D eigenvalue weighted by molar-refractivity contribution is 8.04. The third-order valence-electron chi connectivity index (χ3n) is 3.01. The van der Waals surface area contributed by atoms with Gasteiger partial charge >= 0.3 is 0 Å². The lowest BCUT2D eigenvalue weighted by molar-refractivity contribution is -0.113. The summed E-state index contributed by atoms with van der Waals surface area (Å²) in [5.41, 5.74) is 2.17. The molecule has 1 aromatic heterocycles. The van der Waals surface area contributed by atoms with Gasteiger partial charge in [0.15, 0.2) is 5.58 Å². The van der Waals surface area contributed by atoms with Crippen molar-refractivity contribution in [3.63, 3.8) is 0 Å². The number of amides is 1. The summed E-state index contributed by atoms with van der Waals surface area (Å²) < 4.78 is 18.9. The van der Waals surface area contributed by atoms with E-state index in [1.807, 2.05) is 5.40 Å². The van der Waals surface area contributed by atoms with Gasteiger partial charge in [0.05, 0.1) is 5.75 Å². The number of thiocyanates is 1. The van der Waals surface area contributed by atoms with Crippen molar-refractivity contribution in [3.05, 3.63) is 48.3 Å². The normalized spacial score (nSPS) is 10.4.